The van der Waals surface area contributed by atoms with Crippen LogP contribution in [0, 0.1) is 18.3 Å². The Morgan fingerprint density at radius 2 is 2.29 bits per heavy atom. The summed E-state index contributed by atoms with van der Waals surface area (Å²) in [4.78, 5) is 3.71. The summed E-state index contributed by atoms with van der Waals surface area (Å²) >= 11 is 0. The maximum atomic E-state index is 12.4. The van der Waals surface area contributed by atoms with E-state index in [-0.39, 0.29) is 22.5 Å². The molecule has 0 aromatic carbocycles. The topological polar surface area (TPSA) is 56.9 Å². The van der Waals surface area contributed by atoms with Crippen molar-refractivity contribution in [1.29, 1.82) is 5.26 Å². The van der Waals surface area contributed by atoms with Crippen LogP contribution in [-0.2, 0) is 6.61 Å². The monoisotopic (exact) mass is 198 g/mol. The van der Waals surface area contributed by atoms with Crippen LogP contribution in [0.4, 0.5) is 8.78 Å². The van der Waals surface area contributed by atoms with Gasteiger partial charge >= 0.3 is 0 Å². The van der Waals surface area contributed by atoms with Gasteiger partial charge in [-0.05, 0) is 18.6 Å². The van der Waals surface area contributed by atoms with Gasteiger partial charge in [-0.2, -0.15) is 5.26 Å². The predicted octanol–water partition coefficient (Wildman–Crippen LogP) is 1.69. The van der Waals surface area contributed by atoms with Gasteiger partial charge in [-0.15, -0.1) is 0 Å². The van der Waals surface area contributed by atoms with Gasteiger partial charge in [-0.25, -0.2) is 13.8 Å². The van der Waals surface area contributed by atoms with E-state index in [1.807, 2.05) is 0 Å². The van der Waals surface area contributed by atoms with Gasteiger partial charge in [0, 0.05) is 5.56 Å². The molecule has 0 atom stereocenters. The molecule has 0 aliphatic rings. The van der Waals surface area contributed by atoms with Gasteiger partial charge < -0.3 is 5.11 Å². The van der Waals surface area contributed by atoms with Crippen molar-refractivity contribution in [2.75, 3.05) is 0 Å². The third-order valence-electron chi connectivity index (χ3n) is 1.87. The molecule has 0 aliphatic carbocycles. The fourth-order valence-electron chi connectivity index (χ4n) is 1.10. The zero-order valence-corrected chi connectivity index (χ0v) is 7.46. The normalized spacial score (nSPS) is 10.3. The van der Waals surface area contributed by atoms with E-state index in [1.54, 1.807) is 6.07 Å². The van der Waals surface area contributed by atoms with Crippen molar-refractivity contribution in [2.45, 2.75) is 20.0 Å². The molecule has 1 rings (SSSR count). The standard InChI is InChI=1S/C9H8F2N2O/c1-5-7(9(10)11)2-6(4-14)13-8(5)3-12/h2,9,14H,4H2,1H3. The molecule has 3 nitrogen and oxygen atoms in total. The van der Waals surface area contributed by atoms with Crippen LogP contribution in [0.5, 0.6) is 0 Å². The Bertz CT molecular complexity index is 385. The van der Waals surface area contributed by atoms with E-state index in [9.17, 15) is 8.78 Å². The lowest BCUT2D eigenvalue weighted by atomic mass is 10.1. The molecule has 0 spiro atoms. The van der Waals surface area contributed by atoms with Gasteiger partial charge in [0.05, 0.1) is 12.3 Å². The molecule has 0 amide bonds. The average Bonchev–Trinajstić information content (AvgIpc) is 2.17. The molecule has 14 heavy (non-hydrogen) atoms. The van der Waals surface area contributed by atoms with E-state index in [0.717, 1.165) is 6.07 Å². The van der Waals surface area contributed by atoms with Gasteiger partial charge in [0.15, 0.2) is 0 Å². The molecule has 0 bridgehead atoms. The van der Waals surface area contributed by atoms with Gasteiger partial charge in [-0.1, -0.05) is 0 Å². The number of aliphatic hydroxyl groups excluding tert-OH is 1. The molecular formula is C9H8F2N2O. The molecule has 0 saturated carbocycles. The second-order valence-corrected chi connectivity index (χ2v) is 2.75. The molecule has 0 fully saturated rings. The fourth-order valence-corrected chi connectivity index (χ4v) is 1.10. The largest absolute Gasteiger partial charge is 0.390 e. The van der Waals surface area contributed by atoms with Crippen LogP contribution in [0.3, 0.4) is 0 Å². The summed E-state index contributed by atoms with van der Waals surface area (Å²) in [5.41, 5.74) is -0.0606. The van der Waals surface area contributed by atoms with E-state index in [2.05, 4.69) is 4.98 Å². The summed E-state index contributed by atoms with van der Waals surface area (Å²) in [5.74, 6) is 0. The number of nitriles is 1. The Labute approximate surface area is 79.6 Å². The Morgan fingerprint density at radius 1 is 1.64 bits per heavy atom. The smallest absolute Gasteiger partial charge is 0.264 e. The first-order valence-corrected chi connectivity index (χ1v) is 3.89. The van der Waals surface area contributed by atoms with E-state index >= 15 is 0 Å². The lowest BCUT2D eigenvalue weighted by molar-refractivity contribution is 0.150. The number of halogens is 2. The number of aromatic nitrogens is 1. The molecule has 1 heterocycles. The quantitative estimate of drug-likeness (QED) is 0.786. The number of aliphatic hydroxyl groups is 1. The molecule has 74 valence electrons. The number of alkyl halides is 2. The van der Waals surface area contributed by atoms with E-state index in [0.29, 0.717) is 0 Å². The number of pyridine rings is 1. The predicted molar refractivity (Wildman–Crippen MR) is 44.6 cm³/mol. The van der Waals surface area contributed by atoms with Crippen molar-refractivity contribution < 1.29 is 13.9 Å². The Kier molecular flexibility index (Phi) is 3.10. The van der Waals surface area contributed by atoms with Crippen LogP contribution in [-0.4, -0.2) is 10.1 Å². The fraction of sp³-hybridized carbons (Fsp3) is 0.333. The minimum Gasteiger partial charge on any atom is -0.390 e. The third-order valence-corrected chi connectivity index (χ3v) is 1.87. The van der Waals surface area contributed by atoms with Crippen LogP contribution in [0.2, 0.25) is 0 Å². The van der Waals surface area contributed by atoms with Crippen molar-refractivity contribution in [1.82, 2.24) is 4.98 Å². The Balaban J connectivity index is 3.36. The van der Waals surface area contributed by atoms with E-state index < -0.39 is 13.0 Å². The lowest BCUT2D eigenvalue weighted by Crippen LogP contribution is -2.01. The SMILES string of the molecule is Cc1c(C(F)F)cc(CO)nc1C#N. The first-order chi connectivity index (χ1) is 6.60. The molecule has 0 aliphatic heterocycles. The number of rotatable bonds is 2. The minimum absolute atomic E-state index is 0.0631. The molecule has 0 unspecified atom stereocenters. The maximum Gasteiger partial charge on any atom is 0.264 e. The van der Waals surface area contributed by atoms with Crippen LogP contribution < -0.4 is 0 Å². The van der Waals surface area contributed by atoms with E-state index in [1.165, 1.54) is 6.92 Å². The van der Waals surface area contributed by atoms with Crippen LogP contribution in [0.1, 0.15) is 28.9 Å². The van der Waals surface area contributed by atoms with Gasteiger partial charge in [0.25, 0.3) is 6.43 Å². The summed E-state index contributed by atoms with van der Waals surface area (Å²) in [6.07, 6.45) is -2.66. The Morgan fingerprint density at radius 3 is 2.71 bits per heavy atom. The first-order valence-electron chi connectivity index (χ1n) is 3.89. The highest BCUT2D eigenvalue weighted by atomic mass is 19.3. The summed E-state index contributed by atoms with van der Waals surface area (Å²) < 4.78 is 24.9. The number of hydrogen-bond donors (Lipinski definition) is 1. The highest BCUT2D eigenvalue weighted by Crippen LogP contribution is 2.24. The molecular weight excluding hydrogens is 190 g/mol. The van der Waals surface area contributed by atoms with Gasteiger partial charge in [0.2, 0.25) is 0 Å². The molecule has 1 N–H and O–H groups in total. The zero-order valence-electron chi connectivity index (χ0n) is 7.46. The molecule has 0 saturated heterocycles. The highest BCUT2D eigenvalue weighted by Gasteiger charge is 2.15. The van der Waals surface area contributed by atoms with Crippen LogP contribution in [0.25, 0.3) is 0 Å². The average molecular weight is 198 g/mol. The van der Waals surface area contributed by atoms with Crippen molar-refractivity contribution in [3.8, 4) is 6.07 Å². The van der Waals surface area contributed by atoms with Crippen molar-refractivity contribution in [3.63, 3.8) is 0 Å². The number of hydrogen-bond acceptors (Lipinski definition) is 3. The lowest BCUT2D eigenvalue weighted by Gasteiger charge is -2.07. The van der Waals surface area contributed by atoms with Crippen LogP contribution in [0.15, 0.2) is 6.07 Å². The second-order valence-electron chi connectivity index (χ2n) is 2.75. The first kappa shape index (κ1) is 10.5. The Hall–Kier alpha value is -1.54. The van der Waals surface area contributed by atoms with Crippen molar-refractivity contribution in [3.05, 3.63) is 28.6 Å². The maximum absolute atomic E-state index is 12.4. The summed E-state index contributed by atoms with van der Waals surface area (Å²) in [6.45, 7) is 0.961. The summed E-state index contributed by atoms with van der Waals surface area (Å²) in [6, 6.07) is 2.82. The zero-order chi connectivity index (χ0) is 10.7. The minimum atomic E-state index is -2.66. The van der Waals surface area contributed by atoms with Crippen LogP contribution >= 0.6 is 0 Å². The molecule has 0 radical (unpaired) electrons. The molecule has 5 heteroatoms. The van der Waals surface area contributed by atoms with Gasteiger partial charge in [-0.3, -0.25) is 0 Å². The second kappa shape index (κ2) is 4.11. The van der Waals surface area contributed by atoms with Gasteiger partial charge in [0.1, 0.15) is 11.8 Å². The third kappa shape index (κ3) is 1.86. The molecule has 1 aromatic rings. The van der Waals surface area contributed by atoms with Crippen molar-refractivity contribution >= 4 is 0 Å². The summed E-state index contributed by atoms with van der Waals surface area (Å²) in [7, 11) is 0. The number of nitrogens with zero attached hydrogens (tertiary/aromatic N) is 2. The summed E-state index contributed by atoms with van der Waals surface area (Å²) in [5, 5.41) is 17.3. The highest BCUT2D eigenvalue weighted by molar-refractivity contribution is 5.38. The molecule has 1 aromatic heterocycles. The van der Waals surface area contributed by atoms with E-state index in [4.69, 9.17) is 10.4 Å². The van der Waals surface area contributed by atoms with Crippen molar-refractivity contribution in [2.24, 2.45) is 0 Å².